The number of hydrogen-bond acceptors (Lipinski definition) is 6. The average molecular weight is 409 g/mol. The van der Waals surface area contributed by atoms with Gasteiger partial charge >= 0.3 is 0 Å². The summed E-state index contributed by atoms with van der Waals surface area (Å²) in [6.07, 6.45) is 3.05. The van der Waals surface area contributed by atoms with Gasteiger partial charge in [-0.05, 0) is 12.5 Å². The minimum absolute atomic E-state index is 0.0420. The fourth-order valence-corrected chi connectivity index (χ4v) is 3.96. The average Bonchev–Trinajstić information content (AvgIpc) is 2.84. The lowest BCUT2D eigenvalue weighted by Gasteiger charge is -2.30. The molecule has 154 valence electrons. The van der Waals surface area contributed by atoms with Gasteiger partial charge in [-0.3, -0.25) is 0 Å². The maximum absolute atomic E-state index is 9.22. The first-order valence-electron chi connectivity index (χ1n) is 10.5. The molecule has 4 aromatic rings. The predicted molar refractivity (Wildman–Crippen MR) is 120 cm³/mol. The number of rotatable bonds is 5. The van der Waals surface area contributed by atoms with Crippen LogP contribution in [0.4, 0.5) is 5.82 Å². The molecule has 0 saturated carbocycles. The summed E-state index contributed by atoms with van der Waals surface area (Å²) < 4.78 is 0. The smallest absolute Gasteiger partial charge is 0.160 e. The first-order chi connectivity index (χ1) is 15.3. The lowest BCUT2D eigenvalue weighted by Crippen LogP contribution is -2.32. The quantitative estimate of drug-likeness (QED) is 0.542. The van der Waals surface area contributed by atoms with E-state index in [1.54, 1.807) is 6.20 Å². The molecule has 0 aliphatic carbocycles. The van der Waals surface area contributed by atoms with Crippen LogP contribution in [-0.2, 0) is 19.4 Å². The van der Waals surface area contributed by atoms with Gasteiger partial charge in [0.2, 0.25) is 0 Å². The third-order valence-corrected chi connectivity index (χ3v) is 5.49. The molecule has 0 unspecified atom stereocenters. The molecule has 1 aliphatic heterocycles. The van der Waals surface area contributed by atoms with E-state index in [0.29, 0.717) is 18.8 Å². The van der Waals surface area contributed by atoms with Crippen molar-refractivity contribution in [2.45, 2.75) is 19.4 Å². The topological polar surface area (TPSA) is 75.0 Å². The highest BCUT2D eigenvalue weighted by molar-refractivity contribution is 5.68. The van der Waals surface area contributed by atoms with E-state index in [4.69, 9.17) is 9.97 Å². The van der Waals surface area contributed by atoms with Gasteiger partial charge in [-0.1, -0.05) is 60.7 Å². The van der Waals surface area contributed by atoms with Crippen molar-refractivity contribution >= 4 is 5.82 Å². The van der Waals surface area contributed by atoms with Crippen molar-refractivity contribution in [2.75, 3.05) is 18.1 Å². The van der Waals surface area contributed by atoms with Gasteiger partial charge in [-0.15, -0.1) is 0 Å². The summed E-state index contributed by atoms with van der Waals surface area (Å²) in [5.41, 5.74) is 5.35. The van der Waals surface area contributed by atoms with Crippen LogP contribution in [0.1, 0.15) is 17.1 Å². The van der Waals surface area contributed by atoms with Crippen LogP contribution in [0, 0.1) is 0 Å². The van der Waals surface area contributed by atoms with E-state index in [0.717, 1.165) is 47.1 Å². The maximum Gasteiger partial charge on any atom is 0.160 e. The van der Waals surface area contributed by atoms with E-state index in [1.807, 2.05) is 54.6 Å². The van der Waals surface area contributed by atoms with Crippen LogP contribution < -0.4 is 4.90 Å². The number of benzene rings is 2. The van der Waals surface area contributed by atoms with Crippen LogP contribution >= 0.6 is 0 Å². The third kappa shape index (κ3) is 4.02. The molecule has 31 heavy (non-hydrogen) atoms. The van der Waals surface area contributed by atoms with E-state index in [-0.39, 0.29) is 6.61 Å². The number of aliphatic hydroxyl groups excluding tert-OH is 1. The molecule has 1 aliphatic rings. The van der Waals surface area contributed by atoms with Crippen molar-refractivity contribution in [2.24, 2.45) is 0 Å². The zero-order chi connectivity index (χ0) is 21.0. The summed E-state index contributed by atoms with van der Waals surface area (Å²) >= 11 is 0. The second-order valence-corrected chi connectivity index (χ2v) is 7.53. The largest absolute Gasteiger partial charge is 0.396 e. The monoisotopic (exact) mass is 409 g/mol. The zero-order valence-corrected chi connectivity index (χ0v) is 17.1. The Morgan fingerprint density at radius 1 is 0.839 bits per heavy atom. The first-order valence-corrected chi connectivity index (χ1v) is 10.5. The second-order valence-electron chi connectivity index (χ2n) is 7.53. The van der Waals surface area contributed by atoms with E-state index in [9.17, 15) is 5.11 Å². The number of anilines is 1. The van der Waals surface area contributed by atoms with Crippen molar-refractivity contribution < 1.29 is 5.11 Å². The molecule has 0 bridgehead atoms. The van der Waals surface area contributed by atoms with Crippen LogP contribution in [0.2, 0.25) is 0 Å². The standard InChI is InChI=1S/C25H23N5O/c31-16-13-22-26-14-11-23(28-22)30-15-12-20-21(17-30)27-25(19-9-5-2-6-10-19)29-24(20)18-7-3-1-4-8-18/h1-11,14,31H,12-13,15-17H2. The second kappa shape index (κ2) is 8.62. The van der Waals surface area contributed by atoms with Gasteiger partial charge < -0.3 is 10.0 Å². The highest BCUT2D eigenvalue weighted by Gasteiger charge is 2.24. The SMILES string of the molecule is OCCc1nccc(N2CCc3c(nc(-c4ccccc4)nc3-c3ccccc3)C2)n1. The number of aliphatic hydroxyl groups is 1. The molecule has 2 aromatic carbocycles. The lowest BCUT2D eigenvalue weighted by molar-refractivity contribution is 0.296. The Morgan fingerprint density at radius 2 is 1.58 bits per heavy atom. The van der Waals surface area contributed by atoms with Gasteiger partial charge in [0.05, 0.1) is 24.5 Å². The van der Waals surface area contributed by atoms with Crippen LogP contribution in [0.15, 0.2) is 72.9 Å². The molecule has 0 radical (unpaired) electrons. The maximum atomic E-state index is 9.22. The highest BCUT2D eigenvalue weighted by atomic mass is 16.3. The minimum Gasteiger partial charge on any atom is -0.396 e. The van der Waals surface area contributed by atoms with Gasteiger partial charge in [-0.25, -0.2) is 19.9 Å². The molecule has 2 aromatic heterocycles. The summed E-state index contributed by atoms with van der Waals surface area (Å²) in [4.78, 5) is 21.1. The highest BCUT2D eigenvalue weighted by Crippen LogP contribution is 2.31. The Morgan fingerprint density at radius 3 is 2.32 bits per heavy atom. The van der Waals surface area contributed by atoms with Gasteiger partial charge in [-0.2, -0.15) is 0 Å². The van der Waals surface area contributed by atoms with Crippen LogP contribution in [0.25, 0.3) is 22.6 Å². The first kappa shape index (κ1) is 19.3. The van der Waals surface area contributed by atoms with Crippen molar-refractivity contribution in [1.29, 1.82) is 0 Å². The van der Waals surface area contributed by atoms with Crippen LogP contribution in [0.3, 0.4) is 0 Å². The van der Waals surface area contributed by atoms with Crippen molar-refractivity contribution in [3.8, 4) is 22.6 Å². The molecule has 0 fully saturated rings. The zero-order valence-electron chi connectivity index (χ0n) is 17.1. The van der Waals surface area contributed by atoms with Crippen molar-refractivity contribution in [3.63, 3.8) is 0 Å². The molecule has 1 N–H and O–H groups in total. The summed E-state index contributed by atoms with van der Waals surface area (Å²) in [5, 5.41) is 9.22. The summed E-state index contributed by atoms with van der Waals surface area (Å²) in [6.45, 7) is 1.53. The van der Waals surface area contributed by atoms with Crippen LogP contribution in [-0.4, -0.2) is 38.2 Å². The number of hydrogen-bond donors (Lipinski definition) is 1. The minimum atomic E-state index is 0.0420. The number of aromatic nitrogens is 4. The van der Waals surface area contributed by atoms with Gasteiger partial charge in [0.25, 0.3) is 0 Å². The molecule has 0 atom stereocenters. The fourth-order valence-electron chi connectivity index (χ4n) is 3.96. The van der Waals surface area contributed by atoms with E-state index < -0.39 is 0 Å². The number of nitrogens with zero attached hydrogens (tertiary/aromatic N) is 5. The Bertz CT molecular complexity index is 1180. The normalized spacial score (nSPS) is 13.1. The predicted octanol–water partition coefficient (Wildman–Crippen LogP) is 3.70. The molecule has 3 heterocycles. The Balaban J connectivity index is 1.57. The van der Waals surface area contributed by atoms with Crippen LogP contribution in [0.5, 0.6) is 0 Å². The van der Waals surface area contributed by atoms with Gasteiger partial charge in [0, 0.05) is 35.9 Å². The van der Waals surface area contributed by atoms with Gasteiger partial charge in [0.1, 0.15) is 11.6 Å². The van der Waals surface area contributed by atoms with Gasteiger partial charge in [0.15, 0.2) is 5.82 Å². The third-order valence-electron chi connectivity index (χ3n) is 5.49. The van der Waals surface area contributed by atoms with E-state index >= 15 is 0 Å². The molecule has 6 heteroatoms. The van der Waals surface area contributed by atoms with Crippen molar-refractivity contribution in [1.82, 2.24) is 19.9 Å². The summed E-state index contributed by atoms with van der Waals surface area (Å²) in [7, 11) is 0. The van der Waals surface area contributed by atoms with E-state index in [2.05, 4.69) is 27.0 Å². The van der Waals surface area contributed by atoms with Crippen molar-refractivity contribution in [3.05, 3.63) is 90.0 Å². The molecular formula is C25H23N5O. The van der Waals surface area contributed by atoms with E-state index in [1.165, 1.54) is 5.56 Å². The number of fused-ring (bicyclic) bond motifs is 1. The Hall–Kier alpha value is -3.64. The summed E-state index contributed by atoms with van der Waals surface area (Å²) in [5.74, 6) is 2.26. The molecule has 6 nitrogen and oxygen atoms in total. The molecule has 0 saturated heterocycles. The molecule has 5 rings (SSSR count). The lowest BCUT2D eigenvalue weighted by atomic mass is 9.97. The Labute approximate surface area is 181 Å². The molecule has 0 spiro atoms. The molecule has 0 amide bonds. The fraction of sp³-hybridized carbons (Fsp3) is 0.200. The molecular weight excluding hydrogens is 386 g/mol. The Kier molecular flexibility index (Phi) is 5.37. The summed E-state index contributed by atoms with van der Waals surface area (Å²) in [6, 6.07) is 22.4.